The van der Waals surface area contributed by atoms with E-state index in [1.807, 2.05) is 16.8 Å². The zero-order chi connectivity index (χ0) is 13.8. The first-order valence-corrected chi connectivity index (χ1v) is 6.35. The Kier molecular flexibility index (Phi) is 3.99. The largest absolute Gasteiger partial charge is 0.495 e. The SMILES string of the molecule is CCC(C)Cn1nnnc1-c1ccc(N)c(OC)c1. The summed E-state index contributed by atoms with van der Waals surface area (Å²) in [7, 11) is 1.59. The zero-order valence-electron chi connectivity index (χ0n) is 11.5. The van der Waals surface area contributed by atoms with Crippen LogP contribution in [0, 0.1) is 5.92 Å². The third-order valence-electron chi connectivity index (χ3n) is 3.21. The van der Waals surface area contributed by atoms with Gasteiger partial charge in [0.05, 0.1) is 12.8 Å². The minimum atomic E-state index is 0.526. The van der Waals surface area contributed by atoms with Crippen LogP contribution in [0.5, 0.6) is 5.75 Å². The minimum absolute atomic E-state index is 0.526. The van der Waals surface area contributed by atoms with Crippen LogP contribution in [-0.4, -0.2) is 27.3 Å². The van der Waals surface area contributed by atoms with Crippen LogP contribution in [0.1, 0.15) is 20.3 Å². The molecule has 0 saturated carbocycles. The van der Waals surface area contributed by atoms with Crippen LogP contribution >= 0.6 is 0 Å². The van der Waals surface area contributed by atoms with Crippen LogP contribution in [0.2, 0.25) is 0 Å². The van der Waals surface area contributed by atoms with E-state index in [1.54, 1.807) is 13.2 Å². The topological polar surface area (TPSA) is 78.9 Å². The maximum atomic E-state index is 5.81. The van der Waals surface area contributed by atoms with Crippen molar-refractivity contribution >= 4 is 5.69 Å². The fourth-order valence-electron chi connectivity index (χ4n) is 1.81. The molecule has 0 radical (unpaired) electrons. The number of rotatable bonds is 5. The summed E-state index contributed by atoms with van der Waals surface area (Å²) in [6.07, 6.45) is 1.09. The highest BCUT2D eigenvalue weighted by molar-refractivity contribution is 5.65. The molecule has 0 aliphatic carbocycles. The molecule has 0 saturated heterocycles. The lowest BCUT2D eigenvalue weighted by Gasteiger charge is -2.11. The van der Waals surface area contributed by atoms with Crippen molar-refractivity contribution in [3.8, 4) is 17.1 Å². The van der Waals surface area contributed by atoms with Crippen LogP contribution in [0.3, 0.4) is 0 Å². The van der Waals surface area contributed by atoms with Gasteiger partial charge >= 0.3 is 0 Å². The predicted octanol–water partition coefficient (Wildman–Crippen LogP) is 1.98. The number of benzene rings is 1. The molecule has 0 aliphatic rings. The van der Waals surface area contributed by atoms with Crippen LogP contribution in [-0.2, 0) is 6.54 Å². The Hall–Kier alpha value is -2.11. The average molecular weight is 261 g/mol. The van der Waals surface area contributed by atoms with E-state index in [1.165, 1.54) is 0 Å². The number of hydrogen-bond acceptors (Lipinski definition) is 5. The van der Waals surface area contributed by atoms with Gasteiger partial charge in [-0.25, -0.2) is 4.68 Å². The van der Waals surface area contributed by atoms with E-state index in [9.17, 15) is 0 Å². The molecule has 1 heterocycles. The van der Waals surface area contributed by atoms with Gasteiger partial charge in [0.25, 0.3) is 0 Å². The molecule has 0 bridgehead atoms. The minimum Gasteiger partial charge on any atom is -0.495 e. The molecular weight excluding hydrogens is 242 g/mol. The Morgan fingerprint density at radius 2 is 2.21 bits per heavy atom. The molecule has 1 unspecified atom stereocenters. The second kappa shape index (κ2) is 5.69. The van der Waals surface area contributed by atoms with Gasteiger partial charge in [-0.2, -0.15) is 0 Å². The average Bonchev–Trinajstić information content (AvgIpc) is 2.87. The van der Waals surface area contributed by atoms with Gasteiger partial charge in [-0.15, -0.1) is 5.10 Å². The van der Waals surface area contributed by atoms with E-state index in [-0.39, 0.29) is 0 Å². The quantitative estimate of drug-likeness (QED) is 0.832. The van der Waals surface area contributed by atoms with E-state index in [4.69, 9.17) is 10.5 Å². The predicted molar refractivity (Wildman–Crippen MR) is 73.7 cm³/mol. The summed E-state index contributed by atoms with van der Waals surface area (Å²) >= 11 is 0. The van der Waals surface area contributed by atoms with Crippen molar-refractivity contribution in [3.63, 3.8) is 0 Å². The number of ether oxygens (including phenoxy) is 1. The van der Waals surface area contributed by atoms with Gasteiger partial charge in [0, 0.05) is 12.1 Å². The van der Waals surface area contributed by atoms with Crippen molar-refractivity contribution in [2.45, 2.75) is 26.8 Å². The van der Waals surface area contributed by atoms with Gasteiger partial charge in [0.2, 0.25) is 0 Å². The van der Waals surface area contributed by atoms with Crippen molar-refractivity contribution in [1.29, 1.82) is 0 Å². The number of methoxy groups -OCH3 is 1. The summed E-state index contributed by atoms with van der Waals surface area (Å²) in [5.41, 5.74) is 7.32. The molecule has 0 spiro atoms. The van der Waals surface area contributed by atoms with Crippen LogP contribution < -0.4 is 10.5 Å². The number of nitrogens with zero attached hydrogens (tertiary/aromatic N) is 4. The number of anilines is 1. The molecule has 2 aromatic rings. The van der Waals surface area contributed by atoms with Crippen LogP contribution in [0.25, 0.3) is 11.4 Å². The third-order valence-corrected chi connectivity index (χ3v) is 3.21. The normalized spacial score (nSPS) is 12.4. The van der Waals surface area contributed by atoms with E-state index < -0.39 is 0 Å². The first-order chi connectivity index (χ1) is 9.15. The number of nitrogens with two attached hydrogens (primary N) is 1. The third kappa shape index (κ3) is 2.83. The van der Waals surface area contributed by atoms with E-state index in [2.05, 4.69) is 29.4 Å². The van der Waals surface area contributed by atoms with Gasteiger partial charge in [-0.3, -0.25) is 0 Å². The first kappa shape index (κ1) is 13.3. The van der Waals surface area contributed by atoms with Crippen molar-refractivity contribution in [2.75, 3.05) is 12.8 Å². The maximum absolute atomic E-state index is 5.81. The number of hydrogen-bond donors (Lipinski definition) is 1. The summed E-state index contributed by atoms with van der Waals surface area (Å²) in [6, 6.07) is 5.56. The maximum Gasteiger partial charge on any atom is 0.182 e. The lowest BCUT2D eigenvalue weighted by atomic mass is 10.1. The second-order valence-electron chi connectivity index (χ2n) is 4.65. The summed E-state index contributed by atoms with van der Waals surface area (Å²) in [4.78, 5) is 0. The summed E-state index contributed by atoms with van der Waals surface area (Å²) in [5, 5.41) is 11.9. The first-order valence-electron chi connectivity index (χ1n) is 6.35. The smallest absolute Gasteiger partial charge is 0.182 e. The molecule has 6 heteroatoms. The molecule has 1 aromatic carbocycles. The fraction of sp³-hybridized carbons (Fsp3) is 0.462. The highest BCUT2D eigenvalue weighted by atomic mass is 16.5. The van der Waals surface area contributed by atoms with Crippen LogP contribution in [0.15, 0.2) is 18.2 Å². The Bertz CT molecular complexity index is 552. The van der Waals surface area contributed by atoms with Crippen molar-refractivity contribution in [1.82, 2.24) is 20.2 Å². The van der Waals surface area contributed by atoms with Gasteiger partial charge < -0.3 is 10.5 Å². The molecule has 1 atom stereocenters. The Balaban J connectivity index is 2.34. The van der Waals surface area contributed by atoms with E-state index in [0.717, 1.165) is 24.4 Å². The molecule has 19 heavy (non-hydrogen) atoms. The summed E-state index contributed by atoms with van der Waals surface area (Å²) < 4.78 is 7.04. The van der Waals surface area contributed by atoms with Gasteiger partial charge in [-0.1, -0.05) is 20.3 Å². The number of aromatic nitrogens is 4. The Morgan fingerprint density at radius 1 is 1.42 bits per heavy atom. The summed E-state index contributed by atoms with van der Waals surface area (Å²) in [5.74, 6) is 1.90. The molecule has 1 aromatic heterocycles. The Labute approximate surface area is 112 Å². The number of nitrogen functional groups attached to an aromatic ring is 1. The molecule has 0 amide bonds. The van der Waals surface area contributed by atoms with Crippen molar-refractivity contribution in [2.24, 2.45) is 5.92 Å². The fourth-order valence-corrected chi connectivity index (χ4v) is 1.81. The van der Waals surface area contributed by atoms with Crippen LogP contribution in [0.4, 0.5) is 5.69 Å². The molecule has 102 valence electrons. The number of tetrazole rings is 1. The van der Waals surface area contributed by atoms with Gasteiger partial charge in [0.15, 0.2) is 5.82 Å². The molecule has 6 nitrogen and oxygen atoms in total. The van der Waals surface area contributed by atoms with Gasteiger partial charge in [-0.05, 0) is 34.5 Å². The lowest BCUT2D eigenvalue weighted by molar-refractivity contribution is 0.417. The molecular formula is C13H19N5O. The second-order valence-corrected chi connectivity index (χ2v) is 4.65. The zero-order valence-corrected chi connectivity index (χ0v) is 11.5. The highest BCUT2D eigenvalue weighted by Gasteiger charge is 2.12. The van der Waals surface area contributed by atoms with Crippen molar-refractivity contribution in [3.05, 3.63) is 18.2 Å². The molecule has 2 rings (SSSR count). The van der Waals surface area contributed by atoms with E-state index >= 15 is 0 Å². The summed E-state index contributed by atoms with van der Waals surface area (Å²) in [6.45, 7) is 5.13. The van der Waals surface area contributed by atoms with E-state index in [0.29, 0.717) is 17.4 Å². The lowest BCUT2D eigenvalue weighted by Crippen LogP contribution is -2.10. The highest BCUT2D eigenvalue weighted by Crippen LogP contribution is 2.27. The van der Waals surface area contributed by atoms with Crippen molar-refractivity contribution < 1.29 is 4.74 Å². The standard InChI is InChI=1S/C13H19N5O/c1-4-9(2)8-18-13(15-16-17-18)10-5-6-11(14)12(7-10)19-3/h5-7,9H,4,8,14H2,1-3H3. The molecule has 0 aliphatic heterocycles. The molecule has 2 N–H and O–H groups in total. The van der Waals surface area contributed by atoms with Gasteiger partial charge in [0.1, 0.15) is 5.75 Å². The molecule has 0 fully saturated rings. The Morgan fingerprint density at radius 3 is 2.89 bits per heavy atom. The monoisotopic (exact) mass is 261 g/mol.